The third kappa shape index (κ3) is 3.59. The SMILES string of the molecule is CC(N)C(Oc1ccc(F)c(Br)c1)c1ccccc1Br. The molecular formula is C15H14Br2FNO. The van der Waals surface area contributed by atoms with E-state index in [-0.39, 0.29) is 18.0 Å². The first-order chi connectivity index (χ1) is 9.49. The molecule has 5 heteroatoms. The summed E-state index contributed by atoms with van der Waals surface area (Å²) in [7, 11) is 0. The van der Waals surface area contributed by atoms with E-state index in [4.69, 9.17) is 10.5 Å². The lowest BCUT2D eigenvalue weighted by molar-refractivity contribution is 0.179. The van der Waals surface area contributed by atoms with Crippen LogP contribution in [0.3, 0.4) is 0 Å². The number of halogens is 3. The zero-order valence-electron chi connectivity index (χ0n) is 10.8. The standard InChI is InChI=1S/C15H14Br2FNO/c1-9(19)15(11-4-2-3-5-12(11)16)20-10-6-7-14(18)13(17)8-10/h2-9,15H,19H2,1H3. The van der Waals surface area contributed by atoms with Crippen LogP contribution in [-0.4, -0.2) is 6.04 Å². The maximum Gasteiger partial charge on any atom is 0.140 e. The Morgan fingerprint density at radius 2 is 1.80 bits per heavy atom. The number of rotatable bonds is 4. The molecule has 0 spiro atoms. The largest absolute Gasteiger partial charge is 0.484 e. The number of ether oxygens (including phenoxy) is 1. The van der Waals surface area contributed by atoms with E-state index in [9.17, 15) is 4.39 Å². The Labute approximate surface area is 134 Å². The highest BCUT2D eigenvalue weighted by atomic mass is 79.9. The van der Waals surface area contributed by atoms with Crippen molar-refractivity contribution in [3.63, 3.8) is 0 Å². The molecule has 0 aliphatic rings. The van der Waals surface area contributed by atoms with E-state index in [0.717, 1.165) is 10.0 Å². The summed E-state index contributed by atoms with van der Waals surface area (Å²) >= 11 is 6.65. The molecule has 2 N–H and O–H groups in total. The first-order valence-electron chi connectivity index (χ1n) is 6.10. The van der Waals surface area contributed by atoms with Gasteiger partial charge in [-0.3, -0.25) is 0 Å². The molecule has 0 aliphatic carbocycles. The van der Waals surface area contributed by atoms with Crippen LogP contribution in [0.4, 0.5) is 4.39 Å². The highest BCUT2D eigenvalue weighted by Gasteiger charge is 2.20. The van der Waals surface area contributed by atoms with Crippen LogP contribution in [0.2, 0.25) is 0 Å². The van der Waals surface area contributed by atoms with E-state index >= 15 is 0 Å². The first-order valence-corrected chi connectivity index (χ1v) is 7.69. The third-order valence-corrected chi connectivity index (χ3v) is 4.17. The van der Waals surface area contributed by atoms with E-state index in [1.165, 1.54) is 6.07 Å². The van der Waals surface area contributed by atoms with Gasteiger partial charge < -0.3 is 10.5 Å². The summed E-state index contributed by atoms with van der Waals surface area (Å²) in [5.41, 5.74) is 6.98. The lowest BCUT2D eigenvalue weighted by atomic mass is 10.0. The van der Waals surface area contributed by atoms with Gasteiger partial charge in [-0.2, -0.15) is 0 Å². The summed E-state index contributed by atoms with van der Waals surface area (Å²) in [5.74, 6) is 0.243. The highest BCUT2D eigenvalue weighted by molar-refractivity contribution is 9.10. The van der Waals surface area contributed by atoms with Gasteiger partial charge in [-0.1, -0.05) is 34.1 Å². The van der Waals surface area contributed by atoms with E-state index in [2.05, 4.69) is 31.9 Å². The number of nitrogens with two attached hydrogens (primary N) is 1. The number of hydrogen-bond acceptors (Lipinski definition) is 2. The van der Waals surface area contributed by atoms with Gasteiger partial charge in [-0.05, 0) is 47.1 Å². The summed E-state index contributed by atoms with van der Waals surface area (Å²) in [6.45, 7) is 1.88. The van der Waals surface area contributed by atoms with Gasteiger partial charge in [-0.25, -0.2) is 4.39 Å². The zero-order valence-corrected chi connectivity index (χ0v) is 14.0. The van der Waals surface area contributed by atoms with E-state index in [1.54, 1.807) is 12.1 Å². The number of benzene rings is 2. The molecule has 0 heterocycles. The Morgan fingerprint density at radius 1 is 1.10 bits per heavy atom. The minimum Gasteiger partial charge on any atom is -0.484 e. The predicted octanol–water partition coefficient (Wildman–Crippen LogP) is 4.82. The van der Waals surface area contributed by atoms with Gasteiger partial charge in [0.1, 0.15) is 17.7 Å². The predicted molar refractivity (Wildman–Crippen MR) is 85.3 cm³/mol. The summed E-state index contributed by atoms with van der Waals surface area (Å²) in [6.07, 6.45) is -0.317. The molecule has 0 fully saturated rings. The van der Waals surface area contributed by atoms with Gasteiger partial charge in [0, 0.05) is 16.1 Å². The molecule has 2 nitrogen and oxygen atoms in total. The molecule has 2 rings (SSSR count). The summed E-state index contributed by atoms with van der Waals surface area (Å²) in [4.78, 5) is 0. The molecule has 20 heavy (non-hydrogen) atoms. The third-order valence-electron chi connectivity index (χ3n) is 2.84. The minimum atomic E-state index is -0.324. The molecule has 0 bridgehead atoms. The average molecular weight is 403 g/mol. The quantitative estimate of drug-likeness (QED) is 0.795. The lowest BCUT2D eigenvalue weighted by Gasteiger charge is -2.24. The molecule has 0 aromatic heterocycles. The maximum absolute atomic E-state index is 13.2. The first kappa shape index (κ1) is 15.5. The van der Waals surface area contributed by atoms with Gasteiger partial charge in [0.05, 0.1) is 4.47 Å². The zero-order chi connectivity index (χ0) is 14.7. The van der Waals surface area contributed by atoms with Crippen LogP contribution < -0.4 is 10.5 Å². The van der Waals surface area contributed by atoms with Gasteiger partial charge in [-0.15, -0.1) is 0 Å². The van der Waals surface area contributed by atoms with Crippen molar-refractivity contribution in [2.24, 2.45) is 5.73 Å². The van der Waals surface area contributed by atoms with Crippen molar-refractivity contribution in [2.75, 3.05) is 0 Å². The van der Waals surface area contributed by atoms with E-state index < -0.39 is 0 Å². The van der Waals surface area contributed by atoms with Crippen LogP contribution >= 0.6 is 31.9 Å². The van der Waals surface area contributed by atoms with Crippen molar-refractivity contribution in [1.29, 1.82) is 0 Å². The van der Waals surface area contributed by atoms with Gasteiger partial charge in [0.15, 0.2) is 0 Å². The highest BCUT2D eigenvalue weighted by Crippen LogP contribution is 2.31. The van der Waals surface area contributed by atoms with Crippen molar-refractivity contribution in [3.05, 3.63) is 62.8 Å². The Hall–Kier alpha value is -0.910. The molecule has 2 aromatic carbocycles. The van der Waals surface area contributed by atoms with Crippen molar-refractivity contribution < 1.29 is 9.13 Å². The fourth-order valence-corrected chi connectivity index (χ4v) is 2.72. The van der Waals surface area contributed by atoms with Gasteiger partial charge in [0.25, 0.3) is 0 Å². The van der Waals surface area contributed by atoms with Crippen LogP contribution in [0, 0.1) is 5.82 Å². The molecule has 106 valence electrons. The molecular weight excluding hydrogens is 389 g/mol. The molecule has 0 saturated heterocycles. The monoisotopic (exact) mass is 401 g/mol. The van der Waals surface area contributed by atoms with Crippen molar-refractivity contribution in [2.45, 2.75) is 19.1 Å². The summed E-state index contributed by atoms with van der Waals surface area (Å²) < 4.78 is 20.5. The molecule has 0 amide bonds. The second kappa shape index (κ2) is 6.70. The maximum atomic E-state index is 13.2. The van der Waals surface area contributed by atoms with Crippen LogP contribution in [0.15, 0.2) is 51.4 Å². The van der Waals surface area contributed by atoms with Crippen LogP contribution in [0.1, 0.15) is 18.6 Å². The average Bonchev–Trinajstić information content (AvgIpc) is 2.41. The molecule has 0 saturated carbocycles. The molecule has 2 unspecified atom stereocenters. The fourth-order valence-electron chi connectivity index (χ4n) is 1.86. The van der Waals surface area contributed by atoms with Gasteiger partial charge >= 0.3 is 0 Å². The van der Waals surface area contributed by atoms with Crippen LogP contribution in [0.5, 0.6) is 5.75 Å². The molecule has 2 atom stereocenters. The molecule has 2 aromatic rings. The normalized spacial score (nSPS) is 13.8. The summed E-state index contributed by atoms with van der Waals surface area (Å²) in [5, 5.41) is 0. The topological polar surface area (TPSA) is 35.2 Å². The number of hydrogen-bond donors (Lipinski definition) is 1. The summed E-state index contributed by atoms with van der Waals surface area (Å²) in [6, 6.07) is 12.1. The Balaban J connectivity index is 2.31. The molecule has 0 radical (unpaired) electrons. The van der Waals surface area contributed by atoms with Crippen molar-refractivity contribution in [3.8, 4) is 5.75 Å². The Morgan fingerprint density at radius 3 is 2.40 bits per heavy atom. The second-order valence-corrected chi connectivity index (χ2v) is 6.20. The van der Waals surface area contributed by atoms with Gasteiger partial charge in [0.2, 0.25) is 0 Å². The second-order valence-electron chi connectivity index (χ2n) is 4.49. The molecule has 0 aliphatic heterocycles. The fraction of sp³-hybridized carbons (Fsp3) is 0.200. The Kier molecular flexibility index (Phi) is 5.18. The van der Waals surface area contributed by atoms with Crippen molar-refractivity contribution >= 4 is 31.9 Å². The van der Waals surface area contributed by atoms with Crippen LogP contribution in [-0.2, 0) is 0 Å². The lowest BCUT2D eigenvalue weighted by Crippen LogP contribution is -2.29. The Bertz CT molecular complexity index is 604. The van der Waals surface area contributed by atoms with E-state index in [0.29, 0.717) is 10.2 Å². The minimum absolute atomic E-state index is 0.211. The smallest absolute Gasteiger partial charge is 0.140 e. The van der Waals surface area contributed by atoms with E-state index in [1.807, 2.05) is 31.2 Å². The van der Waals surface area contributed by atoms with Crippen molar-refractivity contribution in [1.82, 2.24) is 0 Å². The van der Waals surface area contributed by atoms with Crippen LogP contribution in [0.25, 0.3) is 0 Å².